The van der Waals surface area contributed by atoms with Gasteiger partial charge in [0.25, 0.3) is 0 Å². The van der Waals surface area contributed by atoms with E-state index < -0.39 is 18.1 Å². The van der Waals surface area contributed by atoms with E-state index in [9.17, 15) is 14.4 Å². The van der Waals surface area contributed by atoms with E-state index in [0.717, 1.165) is 24.1 Å². The van der Waals surface area contributed by atoms with Gasteiger partial charge in [0.15, 0.2) is 0 Å². The number of alkyl carbamates (subject to hydrolysis) is 1. The Balaban J connectivity index is 1.67. The molecule has 32 heavy (non-hydrogen) atoms. The van der Waals surface area contributed by atoms with Crippen molar-refractivity contribution in [3.05, 3.63) is 65.7 Å². The summed E-state index contributed by atoms with van der Waals surface area (Å²) in [6.45, 7) is 4.25. The Bertz CT molecular complexity index is 894. The molecule has 0 bridgehead atoms. The van der Waals surface area contributed by atoms with Crippen molar-refractivity contribution < 1.29 is 23.9 Å². The maximum atomic E-state index is 13.2. The lowest BCUT2D eigenvalue weighted by atomic mass is 10.0. The highest BCUT2D eigenvalue weighted by Gasteiger charge is 2.27. The number of hydrogen-bond acceptors (Lipinski definition) is 6. The molecular weight excluding hydrogens is 410 g/mol. The molecule has 8 nitrogen and oxygen atoms in total. The van der Waals surface area contributed by atoms with E-state index in [-0.39, 0.29) is 12.5 Å². The average molecular weight is 440 g/mol. The third kappa shape index (κ3) is 7.39. The van der Waals surface area contributed by atoms with Crippen LogP contribution in [0.25, 0.3) is 0 Å². The van der Waals surface area contributed by atoms with Gasteiger partial charge in [-0.15, -0.1) is 0 Å². The average Bonchev–Trinajstić information content (AvgIpc) is 3.08. The molecule has 0 radical (unpaired) electrons. The molecule has 0 unspecified atom stereocenters. The number of ether oxygens (including phenoxy) is 2. The van der Waals surface area contributed by atoms with Crippen LogP contribution in [-0.2, 0) is 27.4 Å². The highest BCUT2D eigenvalue weighted by Crippen LogP contribution is 2.15. The standard InChI is InChI=1S/C24H29N3O5/c1-18(28)32-21-10-8-19(9-11-21)16-22(23(29)27-14-5-12-25-13-15-27)26-24(30)31-17-20-6-3-2-4-7-20/h2-4,6-11,22,25H,5,12-17H2,1H3,(H,26,30)/t22-/m0/s1. The summed E-state index contributed by atoms with van der Waals surface area (Å²) in [6, 6.07) is 15.5. The Hall–Kier alpha value is -3.39. The van der Waals surface area contributed by atoms with Crippen molar-refractivity contribution >= 4 is 18.0 Å². The predicted molar refractivity (Wildman–Crippen MR) is 119 cm³/mol. The zero-order valence-corrected chi connectivity index (χ0v) is 18.2. The molecule has 1 heterocycles. The monoisotopic (exact) mass is 439 g/mol. The van der Waals surface area contributed by atoms with Gasteiger partial charge in [-0.05, 0) is 36.2 Å². The van der Waals surface area contributed by atoms with Crippen LogP contribution in [0.3, 0.4) is 0 Å². The van der Waals surface area contributed by atoms with Crippen molar-refractivity contribution in [3.63, 3.8) is 0 Å². The van der Waals surface area contributed by atoms with Gasteiger partial charge in [-0.25, -0.2) is 4.79 Å². The maximum Gasteiger partial charge on any atom is 0.408 e. The van der Waals surface area contributed by atoms with Crippen LogP contribution in [0.4, 0.5) is 4.79 Å². The first-order valence-corrected chi connectivity index (χ1v) is 10.8. The van der Waals surface area contributed by atoms with Gasteiger partial charge in [-0.3, -0.25) is 9.59 Å². The first kappa shape index (κ1) is 23.3. The fraction of sp³-hybridized carbons (Fsp3) is 0.375. The highest BCUT2D eigenvalue weighted by atomic mass is 16.5. The van der Waals surface area contributed by atoms with Crippen molar-refractivity contribution in [1.29, 1.82) is 0 Å². The smallest absolute Gasteiger partial charge is 0.408 e. The van der Waals surface area contributed by atoms with Gasteiger partial charge in [0.2, 0.25) is 5.91 Å². The minimum Gasteiger partial charge on any atom is -0.445 e. The van der Waals surface area contributed by atoms with Gasteiger partial charge in [-0.1, -0.05) is 42.5 Å². The molecule has 170 valence electrons. The van der Waals surface area contributed by atoms with Crippen LogP contribution in [0.15, 0.2) is 54.6 Å². The summed E-state index contributed by atoms with van der Waals surface area (Å²) < 4.78 is 10.4. The van der Waals surface area contributed by atoms with E-state index >= 15 is 0 Å². The van der Waals surface area contributed by atoms with Gasteiger partial charge >= 0.3 is 12.1 Å². The lowest BCUT2D eigenvalue weighted by molar-refractivity contribution is -0.133. The maximum absolute atomic E-state index is 13.2. The zero-order chi connectivity index (χ0) is 22.8. The fourth-order valence-electron chi connectivity index (χ4n) is 3.49. The molecule has 0 saturated carbocycles. The summed E-state index contributed by atoms with van der Waals surface area (Å²) in [6.07, 6.45) is 0.508. The van der Waals surface area contributed by atoms with Gasteiger partial charge < -0.3 is 25.0 Å². The number of esters is 1. The summed E-state index contributed by atoms with van der Waals surface area (Å²) in [5.74, 6) is -0.115. The molecular formula is C24H29N3O5. The van der Waals surface area contributed by atoms with E-state index in [2.05, 4.69) is 10.6 Å². The Morgan fingerprint density at radius 2 is 1.75 bits per heavy atom. The summed E-state index contributed by atoms with van der Waals surface area (Å²) >= 11 is 0. The highest BCUT2D eigenvalue weighted by molar-refractivity contribution is 5.86. The van der Waals surface area contributed by atoms with Gasteiger partial charge in [0.05, 0.1) is 0 Å². The number of carbonyl (C=O) groups excluding carboxylic acids is 3. The van der Waals surface area contributed by atoms with Crippen molar-refractivity contribution in [2.75, 3.05) is 26.2 Å². The Labute approximate surface area is 187 Å². The van der Waals surface area contributed by atoms with E-state index in [1.54, 1.807) is 29.2 Å². The van der Waals surface area contributed by atoms with Gasteiger partial charge in [0.1, 0.15) is 18.4 Å². The first-order chi connectivity index (χ1) is 15.5. The fourth-order valence-corrected chi connectivity index (χ4v) is 3.49. The summed E-state index contributed by atoms with van der Waals surface area (Å²) in [4.78, 5) is 38.6. The van der Waals surface area contributed by atoms with E-state index in [1.165, 1.54) is 6.92 Å². The quantitative estimate of drug-likeness (QED) is 0.508. The minimum atomic E-state index is -0.768. The Morgan fingerprint density at radius 3 is 2.47 bits per heavy atom. The van der Waals surface area contributed by atoms with Crippen LogP contribution in [-0.4, -0.2) is 55.1 Å². The van der Waals surface area contributed by atoms with Crippen LogP contribution < -0.4 is 15.4 Å². The van der Waals surface area contributed by atoms with E-state index in [4.69, 9.17) is 9.47 Å². The lowest BCUT2D eigenvalue weighted by Gasteiger charge is -2.26. The van der Waals surface area contributed by atoms with Crippen LogP contribution in [0.5, 0.6) is 5.75 Å². The van der Waals surface area contributed by atoms with Gasteiger partial charge in [-0.2, -0.15) is 0 Å². The number of amides is 2. The van der Waals surface area contributed by atoms with Crippen LogP contribution in [0.1, 0.15) is 24.5 Å². The molecule has 1 atom stereocenters. The molecule has 2 amide bonds. The van der Waals surface area contributed by atoms with Crippen LogP contribution in [0.2, 0.25) is 0 Å². The number of hydrogen-bond donors (Lipinski definition) is 2. The van der Waals surface area contributed by atoms with Crippen molar-refractivity contribution in [3.8, 4) is 5.75 Å². The molecule has 1 saturated heterocycles. The molecule has 0 aromatic heterocycles. The molecule has 0 spiro atoms. The van der Waals surface area contributed by atoms with Gasteiger partial charge in [0, 0.05) is 33.0 Å². The zero-order valence-electron chi connectivity index (χ0n) is 18.2. The molecule has 1 aliphatic rings. The van der Waals surface area contributed by atoms with Crippen molar-refractivity contribution in [1.82, 2.24) is 15.5 Å². The van der Waals surface area contributed by atoms with E-state index in [1.807, 2.05) is 30.3 Å². The lowest BCUT2D eigenvalue weighted by Crippen LogP contribution is -2.50. The van der Waals surface area contributed by atoms with Crippen molar-refractivity contribution in [2.24, 2.45) is 0 Å². The second-order valence-corrected chi connectivity index (χ2v) is 7.63. The molecule has 0 aliphatic carbocycles. The predicted octanol–water partition coefficient (Wildman–Crippen LogP) is 2.27. The molecule has 2 aromatic rings. The first-order valence-electron chi connectivity index (χ1n) is 10.8. The molecule has 3 rings (SSSR count). The number of nitrogens with zero attached hydrogens (tertiary/aromatic N) is 1. The second-order valence-electron chi connectivity index (χ2n) is 7.63. The molecule has 2 aromatic carbocycles. The summed E-state index contributed by atoms with van der Waals surface area (Å²) in [5, 5.41) is 6.02. The van der Waals surface area contributed by atoms with Crippen LogP contribution in [0, 0.1) is 0 Å². The topological polar surface area (TPSA) is 97.0 Å². The molecule has 1 aliphatic heterocycles. The number of carbonyl (C=O) groups is 3. The normalized spacial score (nSPS) is 14.7. The third-order valence-electron chi connectivity index (χ3n) is 5.08. The third-order valence-corrected chi connectivity index (χ3v) is 5.08. The molecule has 8 heteroatoms. The Morgan fingerprint density at radius 1 is 1.00 bits per heavy atom. The van der Waals surface area contributed by atoms with Crippen molar-refractivity contribution in [2.45, 2.75) is 32.4 Å². The minimum absolute atomic E-state index is 0.123. The molecule has 1 fully saturated rings. The number of nitrogens with one attached hydrogen (secondary N) is 2. The second kappa shape index (κ2) is 11.9. The molecule has 2 N–H and O–H groups in total. The summed E-state index contributed by atoms with van der Waals surface area (Å²) in [7, 11) is 0. The summed E-state index contributed by atoms with van der Waals surface area (Å²) in [5.41, 5.74) is 1.70. The number of rotatable bonds is 7. The van der Waals surface area contributed by atoms with E-state index in [0.29, 0.717) is 31.8 Å². The SMILES string of the molecule is CC(=O)Oc1ccc(C[C@H](NC(=O)OCc2ccccc2)C(=O)N2CCCNCC2)cc1. The largest absolute Gasteiger partial charge is 0.445 e. The Kier molecular flexibility index (Phi) is 8.62. The van der Waals surface area contributed by atoms with Crippen LogP contribution >= 0.6 is 0 Å². The number of benzene rings is 2.